The van der Waals surface area contributed by atoms with Crippen molar-refractivity contribution in [2.45, 2.75) is 26.3 Å². The molecule has 0 aliphatic heterocycles. The normalized spacial score (nSPS) is 10.9. The maximum Gasteiger partial charge on any atom is 0.326 e. The van der Waals surface area contributed by atoms with Gasteiger partial charge in [0.15, 0.2) is 6.61 Å². The third-order valence-electron chi connectivity index (χ3n) is 4.05. The van der Waals surface area contributed by atoms with Crippen LogP contribution in [0.15, 0.2) is 54.9 Å². The third kappa shape index (κ3) is 4.08. The van der Waals surface area contributed by atoms with E-state index < -0.39 is 5.97 Å². The number of amides is 1. The Labute approximate surface area is 151 Å². The summed E-state index contributed by atoms with van der Waals surface area (Å²) >= 11 is 0. The minimum atomic E-state index is -0.486. The Morgan fingerprint density at radius 3 is 2.65 bits per heavy atom. The fraction of sp³-hybridized carbons (Fsp3) is 0.250. The van der Waals surface area contributed by atoms with Crippen LogP contribution in [-0.2, 0) is 20.9 Å². The number of nitrogens with one attached hydrogen (secondary N) is 1. The number of ether oxygens (including phenoxy) is 1. The Morgan fingerprint density at radius 2 is 1.85 bits per heavy atom. The zero-order valence-corrected chi connectivity index (χ0v) is 14.8. The summed E-state index contributed by atoms with van der Waals surface area (Å²) in [6, 6.07) is 15.1. The number of nitrogens with zero attached hydrogens (tertiary/aromatic N) is 2. The molecule has 1 aromatic heterocycles. The lowest BCUT2D eigenvalue weighted by Gasteiger charge is -2.13. The van der Waals surface area contributed by atoms with E-state index in [1.165, 1.54) is 0 Å². The van der Waals surface area contributed by atoms with Gasteiger partial charge in [0.2, 0.25) is 0 Å². The molecule has 1 N–H and O–H groups in total. The van der Waals surface area contributed by atoms with Crippen LogP contribution in [0, 0.1) is 0 Å². The van der Waals surface area contributed by atoms with E-state index in [1.54, 1.807) is 10.9 Å². The topological polar surface area (TPSA) is 73.2 Å². The highest BCUT2D eigenvalue weighted by Crippen LogP contribution is 2.23. The lowest BCUT2D eigenvalue weighted by Crippen LogP contribution is -2.23. The second-order valence-corrected chi connectivity index (χ2v) is 6.31. The zero-order valence-electron chi connectivity index (χ0n) is 14.8. The highest BCUT2D eigenvalue weighted by atomic mass is 16.5. The molecule has 2 aromatic carbocycles. The van der Waals surface area contributed by atoms with Crippen LogP contribution in [0.2, 0.25) is 0 Å². The molecule has 3 rings (SSSR count). The van der Waals surface area contributed by atoms with Gasteiger partial charge in [-0.3, -0.25) is 9.59 Å². The van der Waals surface area contributed by atoms with Crippen LogP contribution in [0.3, 0.4) is 0 Å². The van der Waals surface area contributed by atoms with Crippen molar-refractivity contribution >= 4 is 28.6 Å². The largest absolute Gasteiger partial charge is 0.454 e. The van der Waals surface area contributed by atoms with Crippen LogP contribution in [0.4, 0.5) is 5.69 Å². The molecule has 6 nitrogen and oxygen atoms in total. The molecule has 0 saturated heterocycles. The monoisotopic (exact) mass is 351 g/mol. The van der Waals surface area contributed by atoms with Crippen molar-refractivity contribution in [1.29, 1.82) is 0 Å². The first kappa shape index (κ1) is 17.7. The van der Waals surface area contributed by atoms with Crippen LogP contribution in [-0.4, -0.2) is 28.0 Å². The summed E-state index contributed by atoms with van der Waals surface area (Å²) in [5.74, 6) is -0.564. The zero-order chi connectivity index (χ0) is 18.5. The SMILES string of the molecule is CC(C)c1ccccc1NC(=O)COC(=O)Cn1cnc2ccccc21. The molecule has 0 atom stereocenters. The summed E-state index contributed by atoms with van der Waals surface area (Å²) in [6.07, 6.45) is 1.59. The van der Waals surface area contributed by atoms with Crippen molar-refractivity contribution in [3.05, 3.63) is 60.4 Å². The first-order valence-corrected chi connectivity index (χ1v) is 8.49. The predicted octanol–water partition coefficient (Wildman–Crippen LogP) is 3.34. The summed E-state index contributed by atoms with van der Waals surface area (Å²) < 4.78 is 6.80. The van der Waals surface area contributed by atoms with E-state index in [1.807, 2.05) is 48.5 Å². The number of carbonyl (C=O) groups excluding carboxylic acids is 2. The highest BCUT2D eigenvalue weighted by Gasteiger charge is 2.12. The van der Waals surface area contributed by atoms with Crippen LogP contribution < -0.4 is 5.32 Å². The van der Waals surface area contributed by atoms with E-state index in [4.69, 9.17) is 4.74 Å². The number of benzene rings is 2. The molecule has 0 radical (unpaired) electrons. The summed E-state index contributed by atoms with van der Waals surface area (Å²) in [5, 5.41) is 2.80. The quantitative estimate of drug-likeness (QED) is 0.691. The van der Waals surface area contributed by atoms with Gasteiger partial charge in [0, 0.05) is 5.69 Å². The number of carbonyl (C=O) groups is 2. The Bertz CT molecular complexity index is 931. The summed E-state index contributed by atoms with van der Waals surface area (Å²) in [7, 11) is 0. The van der Waals surface area contributed by atoms with Crippen LogP contribution in [0.1, 0.15) is 25.3 Å². The fourth-order valence-electron chi connectivity index (χ4n) is 2.77. The van der Waals surface area contributed by atoms with Crippen molar-refractivity contribution in [3.8, 4) is 0 Å². The molecule has 0 unspecified atom stereocenters. The first-order chi connectivity index (χ1) is 12.5. The second-order valence-electron chi connectivity index (χ2n) is 6.31. The third-order valence-corrected chi connectivity index (χ3v) is 4.05. The fourth-order valence-corrected chi connectivity index (χ4v) is 2.77. The van der Waals surface area contributed by atoms with Gasteiger partial charge < -0.3 is 14.6 Å². The Balaban J connectivity index is 1.55. The van der Waals surface area contributed by atoms with Gasteiger partial charge in [-0.15, -0.1) is 0 Å². The Morgan fingerprint density at radius 1 is 1.12 bits per heavy atom. The van der Waals surface area contributed by atoms with Gasteiger partial charge in [-0.1, -0.05) is 44.2 Å². The van der Waals surface area contributed by atoms with Gasteiger partial charge in [0.05, 0.1) is 17.4 Å². The highest BCUT2D eigenvalue weighted by molar-refractivity contribution is 5.93. The van der Waals surface area contributed by atoms with Crippen molar-refractivity contribution in [2.24, 2.45) is 0 Å². The Kier molecular flexibility index (Phi) is 5.31. The molecule has 0 spiro atoms. The minimum Gasteiger partial charge on any atom is -0.454 e. The van der Waals surface area contributed by atoms with E-state index in [0.717, 1.165) is 22.3 Å². The van der Waals surface area contributed by atoms with E-state index in [-0.39, 0.29) is 25.0 Å². The first-order valence-electron chi connectivity index (χ1n) is 8.49. The summed E-state index contributed by atoms with van der Waals surface area (Å²) in [6.45, 7) is 3.80. The standard InChI is InChI=1S/C20H21N3O3/c1-14(2)15-7-3-4-8-16(15)22-19(24)12-26-20(25)11-23-13-21-17-9-5-6-10-18(17)23/h3-10,13-14H,11-12H2,1-2H3,(H,22,24). The minimum absolute atomic E-state index is 0.0103. The van der Waals surface area contributed by atoms with Gasteiger partial charge in [-0.2, -0.15) is 0 Å². The number of hydrogen-bond acceptors (Lipinski definition) is 4. The molecule has 1 heterocycles. The van der Waals surface area contributed by atoms with Gasteiger partial charge in [-0.25, -0.2) is 4.98 Å². The number of imidazole rings is 1. The maximum atomic E-state index is 12.1. The van der Waals surface area contributed by atoms with Crippen LogP contribution >= 0.6 is 0 Å². The van der Waals surface area contributed by atoms with E-state index in [0.29, 0.717) is 0 Å². The summed E-state index contributed by atoms with van der Waals surface area (Å²) in [5.41, 5.74) is 3.43. The van der Waals surface area contributed by atoms with E-state index in [9.17, 15) is 9.59 Å². The average molecular weight is 351 g/mol. The molecule has 134 valence electrons. The molecule has 26 heavy (non-hydrogen) atoms. The predicted molar refractivity (Wildman–Crippen MR) is 99.9 cm³/mol. The molecular formula is C20H21N3O3. The molecular weight excluding hydrogens is 330 g/mol. The van der Waals surface area contributed by atoms with Crippen molar-refractivity contribution < 1.29 is 14.3 Å². The molecule has 1 amide bonds. The number of anilines is 1. The van der Waals surface area contributed by atoms with Gasteiger partial charge in [-0.05, 0) is 29.7 Å². The second kappa shape index (κ2) is 7.82. The number of fused-ring (bicyclic) bond motifs is 1. The molecule has 0 fully saturated rings. The van der Waals surface area contributed by atoms with Crippen molar-refractivity contribution in [1.82, 2.24) is 9.55 Å². The number of esters is 1. The number of hydrogen-bond donors (Lipinski definition) is 1. The van der Waals surface area contributed by atoms with Crippen LogP contribution in [0.5, 0.6) is 0 Å². The van der Waals surface area contributed by atoms with Crippen LogP contribution in [0.25, 0.3) is 11.0 Å². The number of rotatable bonds is 6. The number of aromatic nitrogens is 2. The molecule has 0 bridgehead atoms. The average Bonchev–Trinajstić information content (AvgIpc) is 3.03. The number of para-hydroxylation sites is 3. The Hall–Kier alpha value is -3.15. The van der Waals surface area contributed by atoms with Gasteiger partial charge in [0.1, 0.15) is 6.54 Å². The van der Waals surface area contributed by atoms with Crippen molar-refractivity contribution in [3.63, 3.8) is 0 Å². The molecule has 0 saturated carbocycles. The molecule has 0 aliphatic rings. The van der Waals surface area contributed by atoms with Crippen molar-refractivity contribution in [2.75, 3.05) is 11.9 Å². The van der Waals surface area contributed by atoms with Gasteiger partial charge in [0.25, 0.3) is 5.91 Å². The van der Waals surface area contributed by atoms with E-state index >= 15 is 0 Å². The smallest absolute Gasteiger partial charge is 0.326 e. The maximum absolute atomic E-state index is 12.1. The lowest BCUT2D eigenvalue weighted by atomic mass is 10.0. The van der Waals surface area contributed by atoms with Gasteiger partial charge >= 0.3 is 5.97 Å². The molecule has 0 aliphatic carbocycles. The summed E-state index contributed by atoms with van der Waals surface area (Å²) in [4.78, 5) is 28.4. The molecule has 6 heteroatoms. The lowest BCUT2D eigenvalue weighted by molar-refractivity contribution is -0.147. The van der Waals surface area contributed by atoms with E-state index in [2.05, 4.69) is 24.1 Å². The molecule has 3 aromatic rings.